The summed E-state index contributed by atoms with van der Waals surface area (Å²) >= 11 is 0. The van der Waals surface area contributed by atoms with E-state index in [1.54, 1.807) is 36.1 Å². The summed E-state index contributed by atoms with van der Waals surface area (Å²) in [6, 6.07) is 6.11. The van der Waals surface area contributed by atoms with Gasteiger partial charge in [0.1, 0.15) is 5.82 Å². The third-order valence-electron chi connectivity index (χ3n) is 2.63. The van der Waals surface area contributed by atoms with E-state index in [1.165, 1.54) is 12.1 Å². The highest BCUT2D eigenvalue weighted by Crippen LogP contribution is 2.11. The van der Waals surface area contributed by atoms with Gasteiger partial charge in [-0.2, -0.15) is 0 Å². The van der Waals surface area contributed by atoms with Gasteiger partial charge in [-0.15, -0.1) is 0 Å². The number of aromatic nitrogens is 2. The van der Waals surface area contributed by atoms with Gasteiger partial charge >= 0.3 is 5.97 Å². The number of aryl methyl sites for hydroxylation is 1. The van der Waals surface area contributed by atoms with Crippen LogP contribution in [0, 0.1) is 0 Å². The van der Waals surface area contributed by atoms with Crippen LogP contribution in [0.25, 0.3) is 0 Å². The van der Waals surface area contributed by atoms with Crippen molar-refractivity contribution in [3.8, 4) is 0 Å². The van der Waals surface area contributed by atoms with Crippen LogP contribution in [0.15, 0.2) is 36.7 Å². The summed E-state index contributed by atoms with van der Waals surface area (Å²) in [5.74, 6) is -0.621. The molecule has 0 saturated heterocycles. The average Bonchev–Trinajstić information content (AvgIpc) is 2.75. The molecule has 0 radical (unpaired) electrons. The summed E-state index contributed by atoms with van der Waals surface area (Å²) in [5.41, 5.74) is 0.592. The monoisotopic (exact) mass is 259 g/mol. The first-order chi connectivity index (χ1) is 9.06. The third kappa shape index (κ3) is 3.19. The molecule has 0 aliphatic rings. The molecule has 0 aliphatic heterocycles. The van der Waals surface area contributed by atoms with Crippen LogP contribution < -0.4 is 5.32 Å². The van der Waals surface area contributed by atoms with Gasteiger partial charge in [-0.05, 0) is 18.2 Å². The molecule has 0 fully saturated rings. The van der Waals surface area contributed by atoms with E-state index in [0.717, 1.165) is 0 Å². The molecule has 19 heavy (non-hydrogen) atoms. The molecule has 1 amide bonds. The molecule has 0 saturated carbocycles. The Balaban J connectivity index is 2.05. The quantitative estimate of drug-likeness (QED) is 0.866. The lowest BCUT2D eigenvalue weighted by Gasteiger charge is -2.06. The van der Waals surface area contributed by atoms with Crippen LogP contribution in [0.1, 0.15) is 16.2 Å². The summed E-state index contributed by atoms with van der Waals surface area (Å²) in [5, 5.41) is 11.5. The van der Waals surface area contributed by atoms with Crippen LogP contribution in [0.5, 0.6) is 0 Å². The Morgan fingerprint density at radius 1 is 1.42 bits per heavy atom. The van der Waals surface area contributed by atoms with Crippen molar-refractivity contribution in [1.82, 2.24) is 9.55 Å². The van der Waals surface area contributed by atoms with Gasteiger partial charge in [0.15, 0.2) is 0 Å². The molecule has 0 bridgehead atoms. The van der Waals surface area contributed by atoms with E-state index in [2.05, 4.69) is 10.3 Å². The smallest absolute Gasteiger partial charge is 0.335 e. The van der Waals surface area contributed by atoms with Crippen LogP contribution in [0.3, 0.4) is 0 Å². The molecule has 2 aromatic rings. The van der Waals surface area contributed by atoms with E-state index in [1.807, 2.05) is 0 Å². The second kappa shape index (κ2) is 5.34. The molecule has 1 heterocycles. The minimum Gasteiger partial charge on any atom is -0.478 e. The number of hydrogen-bond acceptors (Lipinski definition) is 3. The van der Waals surface area contributed by atoms with Gasteiger partial charge < -0.3 is 15.0 Å². The topological polar surface area (TPSA) is 84.2 Å². The van der Waals surface area contributed by atoms with Gasteiger partial charge in [0.05, 0.1) is 12.0 Å². The molecule has 0 atom stereocenters. The van der Waals surface area contributed by atoms with Crippen LogP contribution in [-0.4, -0.2) is 26.5 Å². The lowest BCUT2D eigenvalue weighted by Crippen LogP contribution is -2.17. The number of carbonyl (C=O) groups excluding carboxylic acids is 1. The molecule has 0 aliphatic carbocycles. The van der Waals surface area contributed by atoms with Crippen molar-refractivity contribution in [1.29, 1.82) is 0 Å². The number of nitrogens with zero attached hydrogens (tertiary/aromatic N) is 2. The zero-order valence-electron chi connectivity index (χ0n) is 10.3. The normalized spacial score (nSPS) is 10.2. The van der Waals surface area contributed by atoms with Gasteiger partial charge in [-0.25, -0.2) is 9.78 Å². The minimum absolute atomic E-state index is 0.134. The van der Waals surface area contributed by atoms with E-state index < -0.39 is 5.97 Å². The van der Waals surface area contributed by atoms with Crippen LogP contribution in [0.4, 0.5) is 5.69 Å². The van der Waals surface area contributed by atoms with Gasteiger partial charge in [-0.1, -0.05) is 6.07 Å². The highest BCUT2D eigenvalue weighted by atomic mass is 16.4. The Morgan fingerprint density at radius 3 is 2.84 bits per heavy atom. The lowest BCUT2D eigenvalue weighted by molar-refractivity contribution is -0.115. The molecule has 0 spiro atoms. The number of carbonyl (C=O) groups is 2. The Kier molecular flexibility index (Phi) is 3.61. The number of nitrogens with one attached hydrogen (secondary N) is 1. The molecule has 1 aromatic heterocycles. The number of amides is 1. The average molecular weight is 259 g/mol. The maximum Gasteiger partial charge on any atom is 0.335 e. The highest BCUT2D eigenvalue weighted by Gasteiger charge is 2.09. The predicted octanol–water partition coefficient (Wildman–Crippen LogP) is 1.30. The zero-order chi connectivity index (χ0) is 13.8. The highest BCUT2D eigenvalue weighted by molar-refractivity contribution is 5.94. The molecule has 0 unspecified atom stereocenters. The fourth-order valence-corrected chi connectivity index (χ4v) is 1.65. The van der Waals surface area contributed by atoms with Crippen molar-refractivity contribution in [3.63, 3.8) is 0 Å². The molecule has 2 rings (SSSR count). The number of aromatic carboxylic acids is 1. The van der Waals surface area contributed by atoms with Gasteiger partial charge in [0.25, 0.3) is 0 Å². The summed E-state index contributed by atoms with van der Waals surface area (Å²) in [7, 11) is 1.81. The molecule has 6 heteroatoms. The Morgan fingerprint density at radius 2 is 2.21 bits per heavy atom. The summed E-state index contributed by atoms with van der Waals surface area (Å²) < 4.78 is 1.76. The Hall–Kier alpha value is -2.63. The summed E-state index contributed by atoms with van der Waals surface area (Å²) in [6.07, 6.45) is 3.52. The first-order valence-electron chi connectivity index (χ1n) is 5.65. The molecular formula is C13H13N3O3. The van der Waals surface area contributed by atoms with Crippen LogP contribution >= 0.6 is 0 Å². The second-order valence-corrected chi connectivity index (χ2v) is 4.07. The number of benzene rings is 1. The Bertz CT molecular complexity index is 619. The number of carboxylic acid groups (broad SMARTS) is 1. The van der Waals surface area contributed by atoms with Crippen molar-refractivity contribution in [2.75, 3.05) is 5.32 Å². The van der Waals surface area contributed by atoms with E-state index in [9.17, 15) is 9.59 Å². The van der Waals surface area contributed by atoms with Gasteiger partial charge in [0.2, 0.25) is 5.91 Å². The fraction of sp³-hybridized carbons (Fsp3) is 0.154. The Labute approximate surface area is 109 Å². The SMILES string of the molecule is Cn1ccnc1CC(=O)Nc1cccc(C(=O)O)c1. The number of carboxylic acids is 1. The van der Waals surface area contributed by atoms with Gasteiger partial charge in [0, 0.05) is 25.1 Å². The first kappa shape index (κ1) is 12.8. The molecule has 1 aromatic carbocycles. The number of anilines is 1. The zero-order valence-corrected chi connectivity index (χ0v) is 10.3. The predicted molar refractivity (Wildman–Crippen MR) is 68.9 cm³/mol. The van der Waals surface area contributed by atoms with E-state index in [-0.39, 0.29) is 17.9 Å². The summed E-state index contributed by atoms with van der Waals surface area (Å²) in [4.78, 5) is 26.7. The second-order valence-electron chi connectivity index (χ2n) is 4.07. The van der Waals surface area contributed by atoms with Crippen molar-refractivity contribution in [3.05, 3.63) is 48.0 Å². The molecule has 2 N–H and O–H groups in total. The van der Waals surface area contributed by atoms with Crippen molar-refractivity contribution in [2.24, 2.45) is 7.05 Å². The van der Waals surface area contributed by atoms with Crippen molar-refractivity contribution >= 4 is 17.6 Å². The number of rotatable bonds is 4. The first-order valence-corrected chi connectivity index (χ1v) is 5.65. The van der Waals surface area contributed by atoms with Gasteiger partial charge in [-0.3, -0.25) is 4.79 Å². The van der Waals surface area contributed by atoms with E-state index in [0.29, 0.717) is 11.5 Å². The van der Waals surface area contributed by atoms with E-state index >= 15 is 0 Å². The largest absolute Gasteiger partial charge is 0.478 e. The standard InChI is InChI=1S/C13H13N3O3/c1-16-6-5-14-11(16)8-12(17)15-10-4-2-3-9(7-10)13(18)19/h2-7H,8H2,1H3,(H,15,17)(H,18,19). The maximum atomic E-state index is 11.8. The number of imidazole rings is 1. The van der Waals surface area contributed by atoms with Crippen molar-refractivity contribution < 1.29 is 14.7 Å². The minimum atomic E-state index is -1.03. The fourth-order valence-electron chi connectivity index (χ4n) is 1.65. The van der Waals surface area contributed by atoms with Crippen LogP contribution in [0.2, 0.25) is 0 Å². The third-order valence-corrected chi connectivity index (χ3v) is 2.63. The molecule has 98 valence electrons. The maximum absolute atomic E-state index is 11.8. The number of hydrogen-bond donors (Lipinski definition) is 2. The lowest BCUT2D eigenvalue weighted by atomic mass is 10.2. The van der Waals surface area contributed by atoms with Crippen LogP contribution in [-0.2, 0) is 18.3 Å². The molecular weight excluding hydrogens is 246 g/mol. The molecule has 6 nitrogen and oxygen atoms in total. The van der Waals surface area contributed by atoms with E-state index in [4.69, 9.17) is 5.11 Å². The van der Waals surface area contributed by atoms with Crippen molar-refractivity contribution in [2.45, 2.75) is 6.42 Å². The summed E-state index contributed by atoms with van der Waals surface area (Å²) in [6.45, 7) is 0.